The van der Waals surface area contributed by atoms with Crippen molar-refractivity contribution in [3.05, 3.63) is 35.9 Å². The molecule has 1 aromatic rings. The summed E-state index contributed by atoms with van der Waals surface area (Å²) in [6.45, 7) is 11.8. The molecule has 0 spiro atoms. The van der Waals surface area contributed by atoms with E-state index in [2.05, 4.69) is 50.8 Å². The van der Waals surface area contributed by atoms with Crippen molar-refractivity contribution < 1.29 is 9.59 Å². The molecule has 2 aliphatic rings. The molecule has 4 atom stereocenters. The third-order valence-corrected chi connectivity index (χ3v) is 7.02. The van der Waals surface area contributed by atoms with E-state index in [0.717, 1.165) is 45.4 Å². The minimum Gasteiger partial charge on any atom is -0.342 e. The second-order valence-corrected chi connectivity index (χ2v) is 10.3. The van der Waals surface area contributed by atoms with Gasteiger partial charge in [0.2, 0.25) is 11.8 Å². The first-order valence-corrected chi connectivity index (χ1v) is 11.7. The molecule has 172 valence electrons. The Bertz CT molecular complexity index is 746. The van der Waals surface area contributed by atoms with Gasteiger partial charge < -0.3 is 20.4 Å². The van der Waals surface area contributed by atoms with Crippen LogP contribution in [0.2, 0.25) is 0 Å². The lowest BCUT2D eigenvalue weighted by atomic mass is 9.85. The zero-order chi connectivity index (χ0) is 22.6. The van der Waals surface area contributed by atoms with Crippen molar-refractivity contribution in [1.29, 1.82) is 0 Å². The fourth-order valence-corrected chi connectivity index (χ4v) is 4.83. The number of nitrogens with one attached hydrogen (secondary N) is 2. The third-order valence-electron chi connectivity index (χ3n) is 7.02. The molecule has 2 aliphatic heterocycles. The summed E-state index contributed by atoms with van der Waals surface area (Å²) in [5.41, 5.74) is 1.01. The van der Waals surface area contributed by atoms with Gasteiger partial charge in [0.1, 0.15) is 6.04 Å². The van der Waals surface area contributed by atoms with Crippen LogP contribution in [0.5, 0.6) is 0 Å². The fraction of sp³-hybridized carbons (Fsp3) is 0.680. The van der Waals surface area contributed by atoms with E-state index in [4.69, 9.17) is 0 Å². The Morgan fingerprint density at radius 3 is 2.45 bits per heavy atom. The smallest absolute Gasteiger partial charge is 0.245 e. The maximum absolute atomic E-state index is 13.7. The summed E-state index contributed by atoms with van der Waals surface area (Å²) < 4.78 is 0. The highest BCUT2D eigenvalue weighted by molar-refractivity contribution is 5.90. The van der Waals surface area contributed by atoms with Gasteiger partial charge >= 0.3 is 0 Å². The summed E-state index contributed by atoms with van der Waals surface area (Å²) in [7, 11) is 1.76. The van der Waals surface area contributed by atoms with Crippen LogP contribution in [-0.2, 0) is 16.0 Å². The minimum atomic E-state index is -0.519. The molecule has 0 aromatic heterocycles. The number of carbonyl (C=O) groups is 2. The molecule has 2 saturated heterocycles. The summed E-state index contributed by atoms with van der Waals surface area (Å²) in [5, 5.41) is 6.00. The lowest BCUT2D eigenvalue weighted by Gasteiger charge is -2.41. The Kier molecular flexibility index (Phi) is 7.76. The highest BCUT2D eigenvalue weighted by Gasteiger charge is 2.45. The van der Waals surface area contributed by atoms with Gasteiger partial charge in [0, 0.05) is 25.7 Å². The zero-order valence-corrected chi connectivity index (χ0v) is 19.9. The van der Waals surface area contributed by atoms with Crippen LogP contribution in [0.25, 0.3) is 0 Å². The predicted molar refractivity (Wildman–Crippen MR) is 125 cm³/mol. The van der Waals surface area contributed by atoms with Crippen LogP contribution in [0.1, 0.15) is 46.1 Å². The highest BCUT2D eigenvalue weighted by Crippen LogP contribution is 2.34. The average Bonchev–Trinajstić information content (AvgIpc) is 3.18. The van der Waals surface area contributed by atoms with E-state index in [9.17, 15) is 9.59 Å². The van der Waals surface area contributed by atoms with E-state index in [1.165, 1.54) is 5.56 Å². The number of piperidine rings is 1. The number of hydrogen-bond donors (Lipinski definition) is 2. The molecule has 2 amide bonds. The number of hydrogen-bond acceptors (Lipinski definition) is 4. The van der Waals surface area contributed by atoms with Crippen molar-refractivity contribution in [1.82, 2.24) is 20.4 Å². The molecule has 0 bridgehead atoms. The molecule has 1 unspecified atom stereocenters. The lowest BCUT2D eigenvalue weighted by molar-refractivity contribution is -0.141. The molecular formula is C25H40N4O2. The molecule has 2 fully saturated rings. The van der Waals surface area contributed by atoms with Gasteiger partial charge in [0.15, 0.2) is 0 Å². The normalized spacial score (nSPS) is 23.8. The van der Waals surface area contributed by atoms with Crippen LogP contribution < -0.4 is 10.6 Å². The highest BCUT2D eigenvalue weighted by atomic mass is 16.2. The van der Waals surface area contributed by atoms with Crippen molar-refractivity contribution in [2.75, 3.05) is 33.2 Å². The topological polar surface area (TPSA) is 64.7 Å². The summed E-state index contributed by atoms with van der Waals surface area (Å²) in [5.74, 6) is 0.519. The van der Waals surface area contributed by atoms with E-state index < -0.39 is 6.04 Å². The van der Waals surface area contributed by atoms with Gasteiger partial charge in [0.25, 0.3) is 0 Å². The molecule has 0 saturated carbocycles. The van der Waals surface area contributed by atoms with E-state index in [-0.39, 0.29) is 29.3 Å². The van der Waals surface area contributed by atoms with Gasteiger partial charge in [0.05, 0.1) is 6.04 Å². The standard InChI is InChI=1S/C25H40N4O2/c1-18(26-5)23(30)27-22(25(2,3)4)24(31)29-16-13-20-12-15-28(17-21(20)29)14-11-19-9-7-6-8-10-19/h6-10,18,20-22,26H,11-17H2,1-5H3,(H,27,30)/t18?,20-,21-,22+/m0/s1. The number of nitrogens with zero attached hydrogens (tertiary/aromatic N) is 2. The van der Waals surface area contributed by atoms with Crippen molar-refractivity contribution in [3.63, 3.8) is 0 Å². The van der Waals surface area contributed by atoms with Crippen LogP contribution in [0.15, 0.2) is 30.3 Å². The first-order valence-electron chi connectivity index (χ1n) is 11.7. The first kappa shape index (κ1) is 23.7. The molecule has 0 aliphatic carbocycles. The Hall–Kier alpha value is -1.92. The molecule has 1 aromatic carbocycles. The Morgan fingerprint density at radius 1 is 1.13 bits per heavy atom. The predicted octanol–water partition coefficient (Wildman–Crippen LogP) is 2.29. The number of likely N-dealkylation sites (N-methyl/N-ethyl adjacent to an activating group) is 1. The maximum Gasteiger partial charge on any atom is 0.245 e. The van der Waals surface area contributed by atoms with Crippen molar-refractivity contribution in [3.8, 4) is 0 Å². The van der Waals surface area contributed by atoms with Crippen molar-refractivity contribution in [2.45, 2.75) is 65.1 Å². The quantitative estimate of drug-likeness (QED) is 0.699. The molecule has 31 heavy (non-hydrogen) atoms. The minimum absolute atomic E-state index is 0.0709. The number of carbonyl (C=O) groups excluding carboxylic acids is 2. The first-order chi connectivity index (χ1) is 14.7. The SMILES string of the molecule is CNC(C)C(=O)N[C@H](C(=O)N1CC[C@@H]2CCN(CCc3ccccc3)C[C@@H]21)C(C)(C)C. The summed E-state index contributed by atoms with van der Waals surface area (Å²) >= 11 is 0. The second-order valence-electron chi connectivity index (χ2n) is 10.3. The monoisotopic (exact) mass is 428 g/mol. The number of rotatable bonds is 7. The van der Waals surface area contributed by atoms with Gasteiger partial charge in [-0.25, -0.2) is 0 Å². The van der Waals surface area contributed by atoms with Gasteiger partial charge in [-0.05, 0) is 56.7 Å². The molecule has 3 rings (SSSR count). The summed E-state index contributed by atoms with van der Waals surface area (Å²) in [4.78, 5) is 30.8. The summed E-state index contributed by atoms with van der Waals surface area (Å²) in [6.07, 6.45) is 3.25. The van der Waals surface area contributed by atoms with Gasteiger partial charge in [-0.15, -0.1) is 0 Å². The van der Waals surface area contributed by atoms with Crippen molar-refractivity contribution >= 4 is 11.8 Å². The number of benzene rings is 1. The van der Waals surface area contributed by atoms with Crippen LogP contribution in [0.4, 0.5) is 0 Å². The Labute approximate surface area is 187 Å². The molecule has 2 N–H and O–H groups in total. The van der Waals surface area contributed by atoms with Gasteiger partial charge in [-0.3, -0.25) is 9.59 Å². The van der Waals surface area contributed by atoms with E-state index in [0.29, 0.717) is 5.92 Å². The number of amides is 2. The Balaban J connectivity index is 1.66. The zero-order valence-electron chi connectivity index (χ0n) is 19.9. The molecule has 0 radical (unpaired) electrons. The summed E-state index contributed by atoms with van der Waals surface area (Å²) in [6, 6.07) is 10.0. The van der Waals surface area contributed by atoms with Gasteiger partial charge in [-0.2, -0.15) is 0 Å². The van der Waals surface area contributed by atoms with Crippen LogP contribution in [0, 0.1) is 11.3 Å². The Morgan fingerprint density at radius 2 is 1.81 bits per heavy atom. The van der Waals surface area contributed by atoms with Crippen molar-refractivity contribution in [2.24, 2.45) is 11.3 Å². The molecule has 2 heterocycles. The largest absolute Gasteiger partial charge is 0.342 e. The van der Waals surface area contributed by atoms with E-state index >= 15 is 0 Å². The average molecular weight is 429 g/mol. The molecular weight excluding hydrogens is 388 g/mol. The van der Waals surface area contributed by atoms with Gasteiger partial charge in [-0.1, -0.05) is 51.1 Å². The van der Waals surface area contributed by atoms with E-state index in [1.54, 1.807) is 7.05 Å². The lowest BCUT2D eigenvalue weighted by Crippen LogP contribution is -2.60. The van der Waals surface area contributed by atoms with Crippen LogP contribution in [-0.4, -0.2) is 73.0 Å². The maximum atomic E-state index is 13.7. The number of fused-ring (bicyclic) bond motifs is 1. The third kappa shape index (κ3) is 5.86. The van der Waals surface area contributed by atoms with Crippen LogP contribution >= 0.6 is 0 Å². The fourth-order valence-electron chi connectivity index (χ4n) is 4.83. The number of likely N-dealkylation sites (tertiary alicyclic amines) is 2. The van der Waals surface area contributed by atoms with E-state index in [1.807, 2.05) is 27.7 Å². The molecule has 6 nitrogen and oxygen atoms in total. The molecule has 6 heteroatoms. The second kappa shape index (κ2) is 10.1. The van der Waals surface area contributed by atoms with Crippen LogP contribution in [0.3, 0.4) is 0 Å².